The fraction of sp³-hybridized carbons (Fsp3) is 0.250. The minimum atomic E-state index is -0.558. The Hall–Kier alpha value is -2.79. The molecule has 20 heavy (non-hydrogen) atoms. The quantitative estimate of drug-likeness (QED) is 0.663. The number of nitro benzene ring substituents is 1. The summed E-state index contributed by atoms with van der Waals surface area (Å²) in [6, 6.07) is 5.76. The topological polar surface area (TPSA) is 124 Å². The van der Waals surface area contributed by atoms with E-state index in [9.17, 15) is 10.1 Å². The molecule has 2 aromatic rings. The molecule has 0 aliphatic heterocycles. The highest BCUT2D eigenvalue weighted by Gasteiger charge is 2.18. The largest absolute Gasteiger partial charge is 0.323 e. The van der Waals surface area contributed by atoms with Crippen LogP contribution >= 0.6 is 0 Å². The highest BCUT2D eigenvalue weighted by molar-refractivity contribution is 5.56. The molecule has 0 saturated carbocycles. The van der Waals surface area contributed by atoms with Crippen LogP contribution in [0.3, 0.4) is 0 Å². The normalized spacial score (nSPS) is 11.8. The van der Waals surface area contributed by atoms with Crippen LogP contribution < -0.4 is 5.73 Å². The van der Waals surface area contributed by atoms with Gasteiger partial charge in [-0.25, -0.2) is 4.68 Å². The maximum absolute atomic E-state index is 11.1. The third-order valence-corrected chi connectivity index (χ3v) is 2.88. The Morgan fingerprint density at radius 2 is 2.35 bits per heavy atom. The van der Waals surface area contributed by atoms with Gasteiger partial charge in [0.25, 0.3) is 5.69 Å². The van der Waals surface area contributed by atoms with Gasteiger partial charge in [0.15, 0.2) is 0 Å². The van der Waals surface area contributed by atoms with Crippen LogP contribution in [0.2, 0.25) is 0 Å². The molecule has 8 nitrogen and oxygen atoms in total. The fourth-order valence-corrected chi connectivity index (χ4v) is 1.71. The summed E-state index contributed by atoms with van der Waals surface area (Å²) in [5.41, 5.74) is 6.65. The standard InChI is InChI=1S/C12H12N6O2/c1-2-9(14)10-7-17(16-15-10)11-4-3-8(6-13)5-12(11)18(19)20/h3-5,7,9H,2,14H2,1H3. The van der Waals surface area contributed by atoms with Crippen LogP contribution in [-0.2, 0) is 0 Å². The van der Waals surface area contributed by atoms with Crippen LogP contribution in [0.1, 0.15) is 30.6 Å². The molecule has 1 unspecified atom stereocenters. The highest BCUT2D eigenvalue weighted by Crippen LogP contribution is 2.24. The second-order valence-electron chi connectivity index (χ2n) is 4.18. The van der Waals surface area contributed by atoms with Crippen molar-refractivity contribution >= 4 is 5.69 Å². The van der Waals surface area contributed by atoms with E-state index in [0.717, 1.165) is 0 Å². The number of nitrogens with zero attached hydrogens (tertiary/aromatic N) is 5. The summed E-state index contributed by atoms with van der Waals surface area (Å²) in [7, 11) is 0. The van der Waals surface area contributed by atoms with Gasteiger partial charge >= 0.3 is 0 Å². The van der Waals surface area contributed by atoms with Gasteiger partial charge in [0.2, 0.25) is 0 Å². The summed E-state index contributed by atoms with van der Waals surface area (Å²) in [6.07, 6.45) is 2.25. The van der Waals surface area contributed by atoms with Gasteiger partial charge in [-0.15, -0.1) is 5.10 Å². The van der Waals surface area contributed by atoms with Gasteiger partial charge in [0.1, 0.15) is 5.69 Å². The lowest BCUT2D eigenvalue weighted by Crippen LogP contribution is -2.08. The zero-order valence-corrected chi connectivity index (χ0v) is 10.7. The fourth-order valence-electron chi connectivity index (χ4n) is 1.71. The van der Waals surface area contributed by atoms with E-state index in [2.05, 4.69) is 10.3 Å². The van der Waals surface area contributed by atoms with Gasteiger partial charge < -0.3 is 5.73 Å². The van der Waals surface area contributed by atoms with Crippen LogP contribution in [0, 0.1) is 21.4 Å². The Balaban J connectivity index is 2.50. The number of nitro groups is 1. The first-order valence-electron chi connectivity index (χ1n) is 5.93. The maximum atomic E-state index is 11.1. The number of nitriles is 1. The molecule has 1 aromatic heterocycles. The number of benzene rings is 1. The van der Waals surface area contributed by atoms with E-state index in [-0.39, 0.29) is 23.0 Å². The minimum absolute atomic E-state index is 0.203. The number of hydrogen-bond donors (Lipinski definition) is 1. The maximum Gasteiger partial charge on any atom is 0.296 e. The van der Waals surface area contributed by atoms with Crippen LogP contribution in [0.4, 0.5) is 5.69 Å². The van der Waals surface area contributed by atoms with E-state index in [4.69, 9.17) is 11.0 Å². The first kappa shape index (κ1) is 13.6. The highest BCUT2D eigenvalue weighted by atomic mass is 16.6. The van der Waals surface area contributed by atoms with E-state index >= 15 is 0 Å². The van der Waals surface area contributed by atoms with Gasteiger partial charge in [-0.2, -0.15) is 5.26 Å². The van der Waals surface area contributed by atoms with Gasteiger partial charge in [-0.1, -0.05) is 12.1 Å². The Morgan fingerprint density at radius 3 is 2.95 bits per heavy atom. The summed E-state index contributed by atoms with van der Waals surface area (Å²) >= 11 is 0. The summed E-state index contributed by atoms with van der Waals surface area (Å²) in [6.45, 7) is 1.91. The molecule has 1 aromatic carbocycles. The van der Waals surface area contributed by atoms with Crippen LogP contribution in [0.15, 0.2) is 24.4 Å². The Kier molecular flexibility index (Phi) is 3.72. The van der Waals surface area contributed by atoms with Crippen molar-refractivity contribution in [2.45, 2.75) is 19.4 Å². The van der Waals surface area contributed by atoms with Crippen molar-refractivity contribution in [1.82, 2.24) is 15.0 Å². The number of hydrogen-bond acceptors (Lipinski definition) is 6. The smallest absolute Gasteiger partial charge is 0.296 e. The third kappa shape index (κ3) is 2.48. The molecule has 2 N–H and O–H groups in total. The Morgan fingerprint density at radius 1 is 1.60 bits per heavy atom. The molecule has 0 bridgehead atoms. The Labute approximate surface area is 114 Å². The van der Waals surface area contributed by atoms with Crippen molar-refractivity contribution < 1.29 is 4.92 Å². The first-order valence-corrected chi connectivity index (χ1v) is 5.93. The zero-order valence-electron chi connectivity index (χ0n) is 10.7. The molecular weight excluding hydrogens is 260 g/mol. The molecule has 0 aliphatic carbocycles. The monoisotopic (exact) mass is 272 g/mol. The summed E-state index contributed by atoms with van der Waals surface area (Å²) < 4.78 is 1.30. The molecule has 2 rings (SSSR count). The molecule has 8 heteroatoms. The average Bonchev–Trinajstić information content (AvgIpc) is 2.95. The zero-order chi connectivity index (χ0) is 14.7. The lowest BCUT2D eigenvalue weighted by molar-refractivity contribution is -0.384. The molecule has 0 fully saturated rings. The van der Waals surface area contributed by atoms with Gasteiger partial charge in [0, 0.05) is 6.07 Å². The molecule has 0 saturated heterocycles. The van der Waals surface area contributed by atoms with E-state index in [1.54, 1.807) is 6.20 Å². The van der Waals surface area contributed by atoms with E-state index in [0.29, 0.717) is 12.1 Å². The minimum Gasteiger partial charge on any atom is -0.323 e. The predicted molar refractivity (Wildman–Crippen MR) is 69.9 cm³/mol. The van der Waals surface area contributed by atoms with Crippen molar-refractivity contribution in [3.8, 4) is 11.8 Å². The number of rotatable bonds is 4. The van der Waals surface area contributed by atoms with Crippen LogP contribution in [-0.4, -0.2) is 19.9 Å². The van der Waals surface area contributed by atoms with Crippen molar-refractivity contribution in [3.63, 3.8) is 0 Å². The summed E-state index contributed by atoms with van der Waals surface area (Å²) in [5.74, 6) is 0. The molecule has 1 heterocycles. The van der Waals surface area contributed by atoms with Crippen molar-refractivity contribution in [2.24, 2.45) is 5.73 Å². The Bertz CT molecular complexity index is 687. The molecule has 1 atom stereocenters. The molecule has 0 radical (unpaired) electrons. The van der Waals surface area contributed by atoms with Crippen LogP contribution in [0.5, 0.6) is 0 Å². The van der Waals surface area contributed by atoms with Crippen LogP contribution in [0.25, 0.3) is 5.69 Å². The van der Waals surface area contributed by atoms with E-state index < -0.39 is 4.92 Å². The first-order chi connectivity index (χ1) is 9.56. The van der Waals surface area contributed by atoms with Gasteiger partial charge in [0.05, 0.1) is 34.5 Å². The van der Waals surface area contributed by atoms with Crippen molar-refractivity contribution in [2.75, 3.05) is 0 Å². The second-order valence-corrected chi connectivity index (χ2v) is 4.18. The summed E-state index contributed by atoms with van der Waals surface area (Å²) in [5, 5.41) is 27.6. The third-order valence-electron chi connectivity index (χ3n) is 2.88. The van der Waals surface area contributed by atoms with E-state index in [1.807, 2.05) is 13.0 Å². The van der Waals surface area contributed by atoms with Crippen molar-refractivity contribution in [3.05, 3.63) is 45.8 Å². The molecule has 0 spiro atoms. The molecule has 102 valence electrons. The lowest BCUT2D eigenvalue weighted by atomic mass is 10.2. The molecule has 0 amide bonds. The lowest BCUT2D eigenvalue weighted by Gasteiger charge is -2.03. The SMILES string of the molecule is CCC(N)c1cn(-c2ccc(C#N)cc2[N+](=O)[O-])nn1. The number of aromatic nitrogens is 3. The predicted octanol–water partition coefficient (Wildman–Crippen LogP) is 1.46. The van der Waals surface area contributed by atoms with Gasteiger partial charge in [-0.3, -0.25) is 10.1 Å². The van der Waals surface area contributed by atoms with E-state index in [1.165, 1.54) is 22.9 Å². The summed E-state index contributed by atoms with van der Waals surface area (Å²) in [4.78, 5) is 10.5. The number of nitrogens with two attached hydrogens (primary N) is 1. The molecule has 0 aliphatic rings. The van der Waals surface area contributed by atoms with Gasteiger partial charge in [-0.05, 0) is 18.6 Å². The molecular formula is C12H12N6O2. The van der Waals surface area contributed by atoms with Crippen molar-refractivity contribution in [1.29, 1.82) is 5.26 Å². The average molecular weight is 272 g/mol. The second kappa shape index (κ2) is 5.46.